The standard InChI is InChI=1S/C12H26S3/c1-6-11(15-7-2)8-9-12(14-5)10(3)13-4/h10-12H,6-9H2,1-5H3. The van der Waals surface area contributed by atoms with E-state index in [0.29, 0.717) is 0 Å². The summed E-state index contributed by atoms with van der Waals surface area (Å²) >= 11 is 6.18. The molecule has 3 atom stereocenters. The molecule has 0 fully saturated rings. The second kappa shape index (κ2) is 10.2. The molecule has 15 heavy (non-hydrogen) atoms. The summed E-state index contributed by atoms with van der Waals surface area (Å²) in [6.45, 7) is 6.95. The predicted molar refractivity (Wildman–Crippen MR) is 81.7 cm³/mol. The third kappa shape index (κ3) is 7.06. The molecule has 0 aromatic rings. The molecule has 0 spiro atoms. The van der Waals surface area contributed by atoms with Gasteiger partial charge < -0.3 is 0 Å². The number of rotatable bonds is 9. The molecule has 0 saturated heterocycles. The minimum Gasteiger partial charge on any atom is -0.161 e. The minimum atomic E-state index is 0.795. The van der Waals surface area contributed by atoms with Gasteiger partial charge in [-0.15, -0.1) is 0 Å². The van der Waals surface area contributed by atoms with E-state index < -0.39 is 0 Å². The summed E-state index contributed by atoms with van der Waals surface area (Å²) in [5, 5.41) is 2.52. The van der Waals surface area contributed by atoms with Crippen molar-refractivity contribution >= 4 is 35.3 Å². The van der Waals surface area contributed by atoms with Crippen molar-refractivity contribution < 1.29 is 0 Å². The van der Waals surface area contributed by atoms with Crippen LogP contribution >= 0.6 is 35.3 Å². The zero-order valence-corrected chi connectivity index (χ0v) is 13.2. The molecule has 0 bridgehead atoms. The van der Waals surface area contributed by atoms with Crippen LogP contribution in [0.2, 0.25) is 0 Å². The average molecular weight is 267 g/mol. The molecular formula is C12H26S3. The molecule has 0 radical (unpaired) electrons. The van der Waals surface area contributed by atoms with Gasteiger partial charge in [-0.3, -0.25) is 0 Å². The van der Waals surface area contributed by atoms with E-state index in [2.05, 4.69) is 45.0 Å². The van der Waals surface area contributed by atoms with Gasteiger partial charge in [0.1, 0.15) is 0 Å². The quantitative estimate of drug-likeness (QED) is 0.589. The molecule has 3 unspecified atom stereocenters. The van der Waals surface area contributed by atoms with Gasteiger partial charge in [0.2, 0.25) is 0 Å². The third-order valence-electron chi connectivity index (χ3n) is 2.83. The van der Waals surface area contributed by atoms with E-state index in [0.717, 1.165) is 15.7 Å². The molecule has 0 aromatic heterocycles. The van der Waals surface area contributed by atoms with Crippen LogP contribution in [0.25, 0.3) is 0 Å². The lowest BCUT2D eigenvalue weighted by Crippen LogP contribution is -2.18. The Kier molecular flexibility index (Phi) is 10.9. The van der Waals surface area contributed by atoms with Crippen molar-refractivity contribution in [2.24, 2.45) is 0 Å². The first kappa shape index (κ1) is 16.1. The Balaban J connectivity index is 3.86. The van der Waals surface area contributed by atoms with Gasteiger partial charge in [0.15, 0.2) is 0 Å². The molecule has 0 N–H and O–H groups in total. The fourth-order valence-corrected chi connectivity index (χ4v) is 4.56. The molecule has 0 rings (SSSR count). The van der Waals surface area contributed by atoms with Crippen molar-refractivity contribution in [1.29, 1.82) is 0 Å². The van der Waals surface area contributed by atoms with Crippen LogP contribution < -0.4 is 0 Å². The van der Waals surface area contributed by atoms with Crippen molar-refractivity contribution in [1.82, 2.24) is 0 Å². The zero-order chi connectivity index (χ0) is 11.7. The Morgan fingerprint density at radius 2 is 1.67 bits per heavy atom. The molecule has 0 amide bonds. The zero-order valence-electron chi connectivity index (χ0n) is 10.8. The Morgan fingerprint density at radius 1 is 1.00 bits per heavy atom. The molecule has 0 aliphatic carbocycles. The summed E-state index contributed by atoms with van der Waals surface area (Å²) in [6.07, 6.45) is 8.59. The lowest BCUT2D eigenvalue weighted by Gasteiger charge is -2.22. The van der Waals surface area contributed by atoms with Gasteiger partial charge in [0.05, 0.1) is 0 Å². The van der Waals surface area contributed by atoms with Crippen LogP contribution in [-0.4, -0.2) is 34.0 Å². The summed E-state index contributed by atoms with van der Waals surface area (Å²) < 4.78 is 0. The Hall–Kier alpha value is 1.05. The lowest BCUT2D eigenvalue weighted by molar-refractivity contribution is 0.654. The molecule has 0 nitrogen and oxygen atoms in total. The van der Waals surface area contributed by atoms with E-state index in [-0.39, 0.29) is 0 Å². The normalized spacial score (nSPS) is 17.4. The van der Waals surface area contributed by atoms with Crippen LogP contribution in [0.15, 0.2) is 0 Å². The van der Waals surface area contributed by atoms with Crippen LogP contribution in [0.1, 0.15) is 40.0 Å². The van der Waals surface area contributed by atoms with E-state index in [1.807, 2.05) is 23.5 Å². The number of hydrogen-bond acceptors (Lipinski definition) is 3. The highest BCUT2D eigenvalue weighted by Crippen LogP contribution is 2.28. The highest BCUT2D eigenvalue weighted by Gasteiger charge is 2.16. The van der Waals surface area contributed by atoms with Gasteiger partial charge in [-0.05, 0) is 37.5 Å². The second-order valence-corrected chi connectivity index (χ2v) is 7.65. The smallest absolute Gasteiger partial charge is 0.0161 e. The summed E-state index contributed by atoms with van der Waals surface area (Å²) in [6, 6.07) is 0. The van der Waals surface area contributed by atoms with Crippen LogP contribution in [-0.2, 0) is 0 Å². The minimum absolute atomic E-state index is 0.795. The lowest BCUT2D eigenvalue weighted by atomic mass is 10.1. The number of thioether (sulfide) groups is 3. The molecule has 3 heteroatoms. The summed E-state index contributed by atoms with van der Waals surface area (Å²) in [5.74, 6) is 1.26. The summed E-state index contributed by atoms with van der Waals surface area (Å²) in [5.41, 5.74) is 0. The van der Waals surface area contributed by atoms with Crippen molar-refractivity contribution in [3.8, 4) is 0 Å². The van der Waals surface area contributed by atoms with E-state index in [9.17, 15) is 0 Å². The van der Waals surface area contributed by atoms with E-state index in [4.69, 9.17) is 0 Å². The van der Waals surface area contributed by atoms with Crippen LogP contribution in [0, 0.1) is 0 Å². The average Bonchev–Trinajstić information content (AvgIpc) is 2.27. The molecule has 92 valence electrons. The third-order valence-corrected chi connectivity index (χ3v) is 6.70. The fraction of sp³-hybridized carbons (Fsp3) is 1.00. The van der Waals surface area contributed by atoms with Crippen molar-refractivity contribution in [2.45, 2.75) is 55.8 Å². The second-order valence-electron chi connectivity index (χ2n) is 3.78. The van der Waals surface area contributed by atoms with E-state index in [1.165, 1.54) is 25.0 Å². The van der Waals surface area contributed by atoms with E-state index in [1.54, 1.807) is 0 Å². The SMILES string of the molecule is CCSC(CC)CCC(SC)C(C)SC. The first-order chi connectivity index (χ1) is 7.19. The van der Waals surface area contributed by atoms with E-state index >= 15 is 0 Å². The summed E-state index contributed by atoms with van der Waals surface area (Å²) in [7, 11) is 0. The van der Waals surface area contributed by atoms with Gasteiger partial charge >= 0.3 is 0 Å². The molecular weight excluding hydrogens is 240 g/mol. The fourth-order valence-electron chi connectivity index (χ4n) is 1.69. The molecule has 0 aliphatic heterocycles. The van der Waals surface area contributed by atoms with Crippen molar-refractivity contribution in [3.05, 3.63) is 0 Å². The van der Waals surface area contributed by atoms with Gasteiger partial charge in [0.25, 0.3) is 0 Å². The molecule has 0 saturated carbocycles. The monoisotopic (exact) mass is 266 g/mol. The highest BCUT2D eigenvalue weighted by atomic mass is 32.2. The maximum atomic E-state index is 2.36. The van der Waals surface area contributed by atoms with Gasteiger partial charge in [-0.2, -0.15) is 35.3 Å². The Bertz CT molecular complexity index is 139. The molecule has 0 heterocycles. The Morgan fingerprint density at radius 3 is 2.07 bits per heavy atom. The van der Waals surface area contributed by atoms with Crippen LogP contribution in [0.4, 0.5) is 0 Å². The maximum absolute atomic E-state index is 2.36. The number of hydrogen-bond donors (Lipinski definition) is 0. The largest absolute Gasteiger partial charge is 0.161 e. The maximum Gasteiger partial charge on any atom is 0.0161 e. The summed E-state index contributed by atoms with van der Waals surface area (Å²) in [4.78, 5) is 0. The topological polar surface area (TPSA) is 0 Å². The first-order valence-electron chi connectivity index (χ1n) is 5.86. The molecule has 0 aliphatic rings. The van der Waals surface area contributed by atoms with Crippen molar-refractivity contribution in [2.75, 3.05) is 18.3 Å². The van der Waals surface area contributed by atoms with Crippen LogP contribution in [0.5, 0.6) is 0 Å². The Labute approximate surface area is 109 Å². The van der Waals surface area contributed by atoms with Crippen molar-refractivity contribution in [3.63, 3.8) is 0 Å². The van der Waals surface area contributed by atoms with Crippen LogP contribution in [0.3, 0.4) is 0 Å². The highest BCUT2D eigenvalue weighted by molar-refractivity contribution is 8.03. The van der Waals surface area contributed by atoms with Gasteiger partial charge in [0, 0.05) is 15.7 Å². The molecule has 0 aromatic carbocycles. The predicted octanol–water partition coefficient (Wildman–Crippen LogP) is 4.78. The first-order valence-corrected chi connectivity index (χ1v) is 9.49. The van der Waals surface area contributed by atoms with Gasteiger partial charge in [-0.1, -0.05) is 20.8 Å². The van der Waals surface area contributed by atoms with Gasteiger partial charge in [-0.25, -0.2) is 0 Å².